The molecule has 0 unspecified atom stereocenters. The van der Waals surface area contributed by atoms with Crippen molar-refractivity contribution in [3.8, 4) is 5.69 Å². The van der Waals surface area contributed by atoms with Crippen molar-refractivity contribution in [2.75, 3.05) is 10.0 Å². The molecule has 1 amide bonds. The van der Waals surface area contributed by atoms with Gasteiger partial charge in [0.05, 0.1) is 16.3 Å². The maximum atomic E-state index is 13.2. The lowest BCUT2D eigenvalue weighted by molar-refractivity contribution is 0.102. The molecule has 35 heavy (non-hydrogen) atoms. The van der Waals surface area contributed by atoms with Crippen molar-refractivity contribution >= 4 is 27.3 Å². The first kappa shape index (κ1) is 24.0. The molecule has 0 saturated carbocycles. The number of para-hydroxylation sites is 1. The summed E-state index contributed by atoms with van der Waals surface area (Å²) in [6.45, 7) is 3.30. The smallest absolute Gasteiger partial charge is 0.296 e. The van der Waals surface area contributed by atoms with E-state index in [1.807, 2.05) is 6.07 Å². The molecule has 180 valence electrons. The Labute approximate surface area is 201 Å². The lowest BCUT2D eigenvalue weighted by Crippen LogP contribution is -2.23. The molecule has 1 heterocycles. The standard InChI is InChI=1S/C25H23FN4O4S/c1-16-9-14-21(15-22(16)24(31)27-19-12-10-18(26)11-13-19)35(33,34)28-23-17(2)29(3)30(25(23)32)20-7-5-4-6-8-20/h4-15,28H,1-3H3,(H,27,31). The van der Waals surface area contributed by atoms with Crippen LogP contribution < -0.4 is 15.6 Å². The summed E-state index contributed by atoms with van der Waals surface area (Å²) in [5, 5.41) is 2.62. The average Bonchev–Trinajstić information content (AvgIpc) is 3.04. The quantitative estimate of drug-likeness (QED) is 0.423. The Morgan fingerprint density at radius 1 is 0.943 bits per heavy atom. The fourth-order valence-corrected chi connectivity index (χ4v) is 4.77. The number of hydrogen-bond acceptors (Lipinski definition) is 4. The zero-order valence-corrected chi connectivity index (χ0v) is 20.1. The second kappa shape index (κ2) is 9.22. The summed E-state index contributed by atoms with van der Waals surface area (Å²) < 4.78 is 44.9. The van der Waals surface area contributed by atoms with Gasteiger partial charge in [0.15, 0.2) is 0 Å². The van der Waals surface area contributed by atoms with Crippen molar-refractivity contribution in [3.05, 3.63) is 106 Å². The SMILES string of the molecule is Cc1ccc(S(=O)(=O)Nc2c(C)n(C)n(-c3ccccc3)c2=O)cc1C(=O)Nc1ccc(F)cc1. The number of benzene rings is 3. The minimum atomic E-state index is -4.20. The first-order valence-corrected chi connectivity index (χ1v) is 12.1. The summed E-state index contributed by atoms with van der Waals surface area (Å²) in [5.41, 5.74) is 1.43. The van der Waals surface area contributed by atoms with Gasteiger partial charge in [0.2, 0.25) is 0 Å². The fraction of sp³-hybridized carbons (Fsp3) is 0.120. The molecule has 0 aliphatic rings. The molecule has 4 rings (SSSR count). The second-order valence-corrected chi connectivity index (χ2v) is 9.66. The van der Waals surface area contributed by atoms with E-state index in [2.05, 4.69) is 10.0 Å². The molecule has 0 spiro atoms. The van der Waals surface area contributed by atoms with Crippen LogP contribution in [-0.4, -0.2) is 23.7 Å². The van der Waals surface area contributed by atoms with E-state index in [1.54, 1.807) is 49.8 Å². The highest BCUT2D eigenvalue weighted by molar-refractivity contribution is 7.92. The van der Waals surface area contributed by atoms with Gasteiger partial charge in [-0.05, 0) is 67.9 Å². The van der Waals surface area contributed by atoms with E-state index >= 15 is 0 Å². The number of anilines is 2. The van der Waals surface area contributed by atoms with Crippen LogP contribution in [0.1, 0.15) is 21.6 Å². The number of nitrogens with zero attached hydrogens (tertiary/aromatic N) is 2. The Hall–Kier alpha value is -4.18. The van der Waals surface area contributed by atoms with Crippen molar-refractivity contribution < 1.29 is 17.6 Å². The summed E-state index contributed by atoms with van der Waals surface area (Å²) >= 11 is 0. The van der Waals surface area contributed by atoms with Crippen LogP contribution in [0, 0.1) is 19.7 Å². The van der Waals surface area contributed by atoms with Crippen molar-refractivity contribution in [1.82, 2.24) is 9.36 Å². The molecule has 0 aliphatic carbocycles. The number of nitrogens with one attached hydrogen (secondary N) is 2. The van der Waals surface area contributed by atoms with Gasteiger partial charge in [0, 0.05) is 18.3 Å². The Morgan fingerprint density at radius 2 is 1.60 bits per heavy atom. The summed E-state index contributed by atoms with van der Waals surface area (Å²) in [5.74, 6) is -0.991. The molecular weight excluding hydrogens is 471 g/mol. The molecule has 3 aromatic carbocycles. The molecule has 0 bridgehead atoms. The normalized spacial score (nSPS) is 11.3. The molecule has 2 N–H and O–H groups in total. The van der Waals surface area contributed by atoms with Gasteiger partial charge in [-0.2, -0.15) is 0 Å². The lowest BCUT2D eigenvalue weighted by atomic mass is 10.1. The highest BCUT2D eigenvalue weighted by Crippen LogP contribution is 2.22. The predicted molar refractivity (Wildman–Crippen MR) is 132 cm³/mol. The molecule has 0 atom stereocenters. The van der Waals surface area contributed by atoms with Crippen molar-refractivity contribution in [2.45, 2.75) is 18.7 Å². The molecule has 0 radical (unpaired) electrons. The third-order valence-electron chi connectivity index (χ3n) is 5.66. The molecule has 10 heteroatoms. The largest absolute Gasteiger partial charge is 0.322 e. The minimum Gasteiger partial charge on any atom is -0.322 e. The summed E-state index contributed by atoms with van der Waals surface area (Å²) in [6, 6.07) is 18.2. The Balaban J connectivity index is 1.67. The van der Waals surface area contributed by atoms with E-state index in [9.17, 15) is 22.4 Å². The maximum absolute atomic E-state index is 13.2. The van der Waals surface area contributed by atoms with Gasteiger partial charge in [-0.3, -0.25) is 19.0 Å². The van der Waals surface area contributed by atoms with Gasteiger partial charge >= 0.3 is 0 Å². The molecule has 0 fully saturated rings. The predicted octanol–water partition coefficient (Wildman–Crippen LogP) is 3.99. The molecule has 8 nitrogen and oxygen atoms in total. The number of aromatic nitrogens is 2. The first-order valence-electron chi connectivity index (χ1n) is 10.6. The van der Waals surface area contributed by atoms with Crippen LogP contribution in [-0.2, 0) is 17.1 Å². The minimum absolute atomic E-state index is 0.0887. The zero-order chi connectivity index (χ0) is 25.3. The van der Waals surface area contributed by atoms with E-state index in [4.69, 9.17) is 0 Å². The van der Waals surface area contributed by atoms with Gasteiger partial charge in [0.1, 0.15) is 11.5 Å². The van der Waals surface area contributed by atoms with Crippen LogP contribution >= 0.6 is 0 Å². The lowest BCUT2D eigenvalue weighted by Gasteiger charge is -2.11. The van der Waals surface area contributed by atoms with E-state index in [-0.39, 0.29) is 16.1 Å². The number of carbonyl (C=O) groups excluding carboxylic acids is 1. The molecular formula is C25H23FN4O4S. The Bertz CT molecular complexity index is 1570. The maximum Gasteiger partial charge on any atom is 0.296 e. The number of aryl methyl sites for hydroxylation is 1. The van der Waals surface area contributed by atoms with Gasteiger partial charge in [-0.25, -0.2) is 17.5 Å². The average molecular weight is 495 g/mol. The van der Waals surface area contributed by atoms with Crippen LogP contribution in [0.2, 0.25) is 0 Å². The number of halogens is 1. The number of carbonyl (C=O) groups is 1. The van der Waals surface area contributed by atoms with Crippen molar-refractivity contribution in [1.29, 1.82) is 0 Å². The van der Waals surface area contributed by atoms with Crippen molar-refractivity contribution in [3.63, 3.8) is 0 Å². The molecule has 4 aromatic rings. The molecule has 0 aliphatic heterocycles. The summed E-state index contributed by atoms with van der Waals surface area (Å²) in [4.78, 5) is 25.7. The summed E-state index contributed by atoms with van der Waals surface area (Å²) in [6.07, 6.45) is 0. The van der Waals surface area contributed by atoms with Crippen LogP contribution in [0.25, 0.3) is 5.69 Å². The topological polar surface area (TPSA) is 102 Å². The fourth-order valence-electron chi connectivity index (χ4n) is 3.62. The highest BCUT2D eigenvalue weighted by Gasteiger charge is 2.24. The van der Waals surface area contributed by atoms with E-state index in [1.165, 1.54) is 47.1 Å². The highest BCUT2D eigenvalue weighted by atomic mass is 32.2. The van der Waals surface area contributed by atoms with Crippen LogP contribution in [0.3, 0.4) is 0 Å². The number of amides is 1. The summed E-state index contributed by atoms with van der Waals surface area (Å²) in [7, 11) is -2.54. The van der Waals surface area contributed by atoms with Gasteiger partial charge in [0.25, 0.3) is 21.5 Å². The van der Waals surface area contributed by atoms with E-state index in [0.29, 0.717) is 22.6 Å². The van der Waals surface area contributed by atoms with Gasteiger partial charge in [-0.1, -0.05) is 24.3 Å². The third kappa shape index (κ3) is 4.73. The van der Waals surface area contributed by atoms with E-state index in [0.717, 1.165) is 0 Å². The van der Waals surface area contributed by atoms with Gasteiger partial charge < -0.3 is 5.32 Å². The number of hydrogen-bond donors (Lipinski definition) is 2. The number of sulfonamides is 1. The Kier molecular flexibility index (Phi) is 6.31. The number of rotatable bonds is 6. The Morgan fingerprint density at radius 3 is 2.26 bits per heavy atom. The van der Waals surface area contributed by atoms with Crippen LogP contribution in [0.5, 0.6) is 0 Å². The van der Waals surface area contributed by atoms with Crippen molar-refractivity contribution in [2.24, 2.45) is 7.05 Å². The second-order valence-electron chi connectivity index (χ2n) is 7.98. The zero-order valence-electron chi connectivity index (χ0n) is 19.2. The first-order chi connectivity index (χ1) is 16.6. The van der Waals surface area contributed by atoms with Gasteiger partial charge in [-0.15, -0.1) is 0 Å². The third-order valence-corrected chi connectivity index (χ3v) is 7.00. The molecule has 0 saturated heterocycles. The van der Waals surface area contributed by atoms with Crippen LogP contribution in [0.4, 0.5) is 15.8 Å². The molecule has 1 aromatic heterocycles. The van der Waals surface area contributed by atoms with Crippen LogP contribution in [0.15, 0.2) is 82.5 Å². The monoisotopic (exact) mass is 494 g/mol. The van der Waals surface area contributed by atoms with E-state index < -0.39 is 27.3 Å².